The van der Waals surface area contributed by atoms with Crippen LogP contribution in [0.1, 0.15) is 44.3 Å². The van der Waals surface area contributed by atoms with Gasteiger partial charge in [0.05, 0.1) is 25.3 Å². The zero-order valence-corrected chi connectivity index (χ0v) is 10.8. The number of carbonyl (C=O) groups excluding carboxylic acids is 1. The lowest BCUT2D eigenvalue weighted by molar-refractivity contribution is -0.119. The zero-order chi connectivity index (χ0) is 13.0. The van der Waals surface area contributed by atoms with Gasteiger partial charge in [-0.25, -0.2) is 4.68 Å². The molecule has 1 aromatic rings. The van der Waals surface area contributed by atoms with Crippen molar-refractivity contribution in [1.29, 1.82) is 0 Å². The number of hydrogen-bond donors (Lipinski definition) is 2. The topological polar surface area (TPSA) is 85.8 Å². The predicted octanol–water partition coefficient (Wildman–Crippen LogP) is 0.604. The minimum Gasteiger partial charge on any atom is -0.349 e. The lowest BCUT2D eigenvalue weighted by atomic mass is 9.87. The van der Waals surface area contributed by atoms with Crippen LogP contribution in [0.15, 0.2) is 6.20 Å². The van der Waals surface area contributed by atoms with E-state index in [4.69, 9.17) is 5.73 Å². The van der Waals surface area contributed by atoms with Crippen LogP contribution < -0.4 is 11.1 Å². The third-order valence-electron chi connectivity index (χ3n) is 3.49. The highest BCUT2D eigenvalue weighted by atomic mass is 16.1. The Morgan fingerprint density at radius 3 is 3.17 bits per heavy atom. The molecule has 1 amide bonds. The van der Waals surface area contributed by atoms with E-state index in [1.807, 2.05) is 10.9 Å². The maximum absolute atomic E-state index is 11.0. The molecular weight excluding hydrogens is 230 g/mol. The van der Waals surface area contributed by atoms with Gasteiger partial charge in [-0.3, -0.25) is 4.79 Å². The molecule has 1 saturated carbocycles. The maximum atomic E-state index is 11.0. The summed E-state index contributed by atoms with van der Waals surface area (Å²) in [5.74, 6) is 0.587. The quantitative estimate of drug-likeness (QED) is 0.820. The number of aromatic nitrogens is 3. The first-order valence-electron chi connectivity index (χ1n) is 6.56. The van der Waals surface area contributed by atoms with Crippen LogP contribution in [0.3, 0.4) is 0 Å². The summed E-state index contributed by atoms with van der Waals surface area (Å²) >= 11 is 0. The van der Waals surface area contributed by atoms with E-state index in [0.29, 0.717) is 12.6 Å². The van der Waals surface area contributed by atoms with Gasteiger partial charge in [0.25, 0.3) is 0 Å². The average molecular weight is 251 g/mol. The van der Waals surface area contributed by atoms with Crippen LogP contribution in [0.4, 0.5) is 0 Å². The van der Waals surface area contributed by atoms with Gasteiger partial charge in [0.2, 0.25) is 5.91 Å². The summed E-state index contributed by atoms with van der Waals surface area (Å²) in [6, 6.07) is 0.459. The molecule has 3 N–H and O–H groups in total. The fraction of sp³-hybridized carbons (Fsp3) is 0.750. The molecule has 18 heavy (non-hydrogen) atoms. The van der Waals surface area contributed by atoms with Gasteiger partial charge in [-0.1, -0.05) is 25.0 Å². The van der Waals surface area contributed by atoms with Gasteiger partial charge in [-0.15, -0.1) is 5.10 Å². The molecule has 2 unspecified atom stereocenters. The highest BCUT2D eigenvalue weighted by Crippen LogP contribution is 2.31. The number of nitrogens with one attached hydrogen (secondary N) is 1. The second kappa shape index (κ2) is 5.95. The summed E-state index contributed by atoms with van der Waals surface area (Å²) in [6.45, 7) is 2.69. The Labute approximate surface area is 107 Å². The van der Waals surface area contributed by atoms with Gasteiger partial charge < -0.3 is 11.1 Å². The molecule has 0 bridgehead atoms. The van der Waals surface area contributed by atoms with Crippen molar-refractivity contribution < 1.29 is 4.79 Å². The monoisotopic (exact) mass is 251 g/mol. The van der Waals surface area contributed by atoms with Crippen LogP contribution in [-0.4, -0.2) is 27.4 Å². The molecule has 1 heterocycles. The number of nitrogens with two attached hydrogens (primary N) is 1. The Kier molecular flexibility index (Phi) is 4.30. The first-order chi connectivity index (χ1) is 8.69. The van der Waals surface area contributed by atoms with Crippen molar-refractivity contribution in [3.63, 3.8) is 0 Å². The minimum atomic E-state index is -0.171. The SMILES string of the molecule is CC1CCCC(n2cc(CNC(=O)CN)nn2)C1. The second-order valence-electron chi connectivity index (χ2n) is 5.10. The van der Waals surface area contributed by atoms with Crippen molar-refractivity contribution in [2.45, 2.75) is 45.2 Å². The average Bonchev–Trinajstić information content (AvgIpc) is 2.84. The third-order valence-corrected chi connectivity index (χ3v) is 3.49. The molecule has 0 aromatic carbocycles. The highest BCUT2D eigenvalue weighted by Gasteiger charge is 2.21. The van der Waals surface area contributed by atoms with Gasteiger partial charge in [0.15, 0.2) is 0 Å². The fourth-order valence-electron chi connectivity index (χ4n) is 2.48. The minimum absolute atomic E-state index is 0.00821. The largest absolute Gasteiger partial charge is 0.349 e. The number of amides is 1. The maximum Gasteiger partial charge on any atom is 0.234 e. The van der Waals surface area contributed by atoms with Crippen LogP contribution in [0.5, 0.6) is 0 Å². The van der Waals surface area contributed by atoms with E-state index in [0.717, 1.165) is 18.0 Å². The molecule has 1 aliphatic rings. The van der Waals surface area contributed by atoms with Gasteiger partial charge in [-0.2, -0.15) is 0 Å². The molecule has 6 heteroatoms. The fourth-order valence-corrected chi connectivity index (χ4v) is 2.48. The van der Waals surface area contributed by atoms with Crippen molar-refractivity contribution in [3.05, 3.63) is 11.9 Å². The molecule has 100 valence electrons. The van der Waals surface area contributed by atoms with E-state index in [2.05, 4.69) is 22.6 Å². The first kappa shape index (κ1) is 13.0. The van der Waals surface area contributed by atoms with E-state index < -0.39 is 0 Å². The molecule has 0 radical (unpaired) electrons. The highest BCUT2D eigenvalue weighted by molar-refractivity contribution is 5.77. The molecule has 2 atom stereocenters. The summed E-state index contributed by atoms with van der Waals surface area (Å²) in [7, 11) is 0. The number of nitrogens with zero attached hydrogens (tertiary/aromatic N) is 3. The molecule has 0 aliphatic heterocycles. The molecular formula is C12H21N5O. The van der Waals surface area contributed by atoms with E-state index >= 15 is 0 Å². The Morgan fingerprint density at radius 2 is 2.44 bits per heavy atom. The Morgan fingerprint density at radius 1 is 1.61 bits per heavy atom. The molecule has 1 aromatic heterocycles. The second-order valence-corrected chi connectivity index (χ2v) is 5.10. The Hall–Kier alpha value is -1.43. The summed E-state index contributed by atoms with van der Waals surface area (Å²) in [6.07, 6.45) is 6.83. The van der Waals surface area contributed by atoms with Gasteiger partial charge in [0.1, 0.15) is 5.69 Å². The number of rotatable bonds is 4. The van der Waals surface area contributed by atoms with Gasteiger partial charge in [-0.05, 0) is 18.8 Å². The van der Waals surface area contributed by atoms with Crippen molar-refractivity contribution in [2.24, 2.45) is 11.7 Å². The molecule has 6 nitrogen and oxygen atoms in total. The van der Waals surface area contributed by atoms with Gasteiger partial charge >= 0.3 is 0 Å². The third kappa shape index (κ3) is 3.29. The van der Waals surface area contributed by atoms with E-state index in [1.54, 1.807) is 0 Å². The van der Waals surface area contributed by atoms with E-state index in [9.17, 15) is 4.79 Å². The van der Waals surface area contributed by atoms with Crippen molar-refractivity contribution >= 4 is 5.91 Å². The van der Waals surface area contributed by atoms with Crippen LogP contribution >= 0.6 is 0 Å². The Balaban J connectivity index is 1.91. The normalized spacial score (nSPS) is 23.9. The van der Waals surface area contributed by atoms with E-state index in [1.165, 1.54) is 19.3 Å². The molecule has 2 rings (SSSR count). The molecule has 1 aliphatic carbocycles. The summed E-state index contributed by atoms with van der Waals surface area (Å²) in [5.41, 5.74) is 6.01. The molecule has 0 saturated heterocycles. The summed E-state index contributed by atoms with van der Waals surface area (Å²) < 4.78 is 1.94. The standard InChI is InChI=1S/C12H21N5O/c1-9-3-2-4-11(5-9)17-8-10(15-16-17)7-14-12(18)6-13/h8-9,11H,2-7,13H2,1H3,(H,14,18). The molecule has 1 fully saturated rings. The van der Waals surface area contributed by atoms with Crippen LogP contribution in [0.25, 0.3) is 0 Å². The number of hydrogen-bond acceptors (Lipinski definition) is 4. The van der Waals surface area contributed by atoms with Crippen LogP contribution in [0, 0.1) is 5.92 Å². The van der Waals surface area contributed by atoms with Crippen molar-refractivity contribution in [3.8, 4) is 0 Å². The summed E-state index contributed by atoms with van der Waals surface area (Å²) in [5, 5.41) is 10.9. The smallest absolute Gasteiger partial charge is 0.234 e. The molecule has 0 spiro atoms. The first-order valence-corrected chi connectivity index (χ1v) is 6.56. The summed E-state index contributed by atoms with van der Waals surface area (Å²) in [4.78, 5) is 11.0. The lowest BCUT2D eigenvalue weighted by Crippen LogP contribution is -2.29. The van der Waals surface area contributed by atoms with Crippen LogP contribution in [-0.2, 0) is 11.3 Å². The van der Waals surface area contributed by atoms with Crippen molar-refractivity contribution in [1.82, 2.24) is 20.3 Å². The van der Waals surface area contributed by atoms with Gasteiger partial charge in [0, 0.05) is 0 Å². The number of carbonyl (C=O) groups is 1. The van der Waals surface area contributed by atoms with Crippen LogP contribution in [0.2, 0.25) is 0 Å². The van der Waals surface area contributed by atoms with Crippen molar-refractivity contribution in [2.75, 3.05) is 6.54 Å². The zero-order valence-electron chi connectivity index (χ0n) is 10.8. The Bertz CT molecular complexity index is 403. The predicted molar refractivity (Wildman–Crippen MR) is 67.6 cm³/mol. The lowest BCUT2D eigenvalue weighted by Gasteiger charge is -2.26. The van der Waals surface area contributed by atoms with E-state index in [-0.39, 0.29) is 12.5 Å².